The molecule has 6 nitrogen and oxygen atoms in total. The summed E-state index contributed by atoms with van der Waals surface area (Å²) < 4.78 is 13.8. The average Bonchev–Trinajstić information content (AvgIpc) is 3.26. The molecule has 0 radical (unpaired) electrons. The molecule has 4 rings (SSSR count). The van der Waals surface area contributed by atoms with E-state index < -0.39 is 0 Å². The number of allylic oxidation sites excluding steroid dienone is 1. The molecule has 37 heavy (non-hydrogen) atoms. The molecule has 0 unspecified atom stereocenters. The zero-order valence-electron chi connectivity index (χ0n) is 21.7. The first-order chi connectivity index (χ1) is 18.1. The van der Waals surface area contributed by atoms with Gasteiger partial charge in [-0.05, 0) is 68.1 Å². The number of methoxy groups -OCH3 is 1. The molecule has 1 heterocycles. The Balaban J connectivity index is 1.33. The number of amides is 1. The number of imidazole rings is 1. The van der Waals surface area contributed by atoms with Crippen LogP contribution in [0.25, 0.3) is 11.0 Å². The number of para-hydroxylation sites is 2. The summed E-state index contributed by atoms with van der Waals surface area (Å²) in [6, 6.07) is 21.8. The highest BCUT2D eigenvalue weighted by molar-refractivity contribution is 5.94. The summed E-state index contributed by atoms with van der Waals surface area (Å²) in [5.74, 6) is 2.42. The number of hydrogen-bond acceptors (Lipinski definition) is 4. The summed E-state index contributed by atoms with van der Waals surface area (Å²) in [5.41, 5.74) is 4.99. The maximum atomic E-state index is 12.5. The Labute approximate surface area is 218 Å². The zero-order valence-corrected chi connectivity index (χ0v) is 21.7. The van der Waals surface area contributed by atoms with Gasteiger partial charge >= 0.3 is 0 Å². The molecule has 192 valence electrons. The molecule has 0 aliphatic heterocycles. The first-order valence-electron chi connectivity index (χ1n) is 12.8. The molecule has 3 aromatic carbocycles. The smallest absolute Gasteiger partial charge is 0.251 e. The quantitative estimate of drug-likeness (QED) is 0.184. The topological polar surface area (TPSA) is 65.4 Å². The van der Waals surface area contributed by atoms with E-state index in [2.05, 4.69) is 22.5 Å². The lowest BCUT2D eigenvalue weighted by molar-refractivity contribution is 0.0954. The molecule has 0 fully saturated rings. The number of nitrogens with one attached hydrogen (secondary N) is 1. The molecule has 1 aromatic heterocycles. The highest BCUT2D eigenvalue weighted by Crippen LogP contribution is 2.28. The number of aryl methyl sites for hydroxylation is 2. The molecule has 0 saturated heterocycles. The van der Waals surface area contributed by atoms with Gasteiger partial charge in [0, 0.05) is 25.1 Å². The van der Waals surface area contributed by atoms with E-state index in [0.717, 1.165) is 65.3 Å². The number of fused-ring (bicyclic) bond motifs is 1. The predicted octanol–water partition coefficient (Wildman–Crippen LogP) is 5.91. The molecular weight excluding hydrogens is 462 g/mol. The van der Waals surface area contributed by atoms with Gasteiger partial charge in [-0.1, -0.05) is 42.0 Å². The fraction of sp³-hybridized carbons (Fsp3) is 0.290. The van der Waals surface area contributed by atoms with Crippen molar-refractivity contribution >= 4 is 16.9 Å². The number of rotatable bonds is 13. The maximum Gasteiger partial charge on any atom is 0.251 e. The SMILES string of the molecule is C=CCc1ccc(OCCCCn2c(CCNC(=O)c3cccc(C)c3)nc3ccccc32)c(OC)c1. The van der Waals surface area contributed by atoms with Gasteiger partial charge in [-0.25, -0.2) is 4.98 Å². The van der Waals surface area contributed by atoms with Crippen LogP contribution in [0.2, 0.25) is 0 Å². The second kappa shape index (κ2) is 12.8. The van der Waals surface area contributed by atoms with Gasteiger partial charge in [-0.3, -0.25) is 4.79 Å². The Morgan fingerprint density at radius 1 is 1.05 bits per heavy atom. The van der Waals surface area contributed by atoms with Crippen molar-refractivity contribution in [2.24, 2.45) is 0 Å². The number of unbranched alkanes of at least 4 members (excludes halogenated alkanes) is 1. The number of carbonyl (C=O) groups is 1. The summed E-state index contributed by atoms with van der Waals surface area (Å²) in [5, 5.41) is 3.03. The molecule has 1 N–H and O–H groups in total. The van der Waals surface area contributed by atoms with Gasteiger partial charge in [0.15, 0.2) is 11.5 Å². The van der Waals surface area contributed by atoms with Crippen LogP contribution in [0.3, 0.4) is 0 Å². The maximum absolute atomic E-state index is 12.5. The van der Waals surface area contributed by atoms with Crippen LogP contribution in [0.4, 0.5) is 0 Å². The largest absolute Gasteiger partial charge is 0.493 e. The lowest BCUT2D eigenvalue weighted by Gasteiger charge is -2.13. The van der Waals surface area contributed by atoms with Crippen LogP contribution < -0.4 is 14.8 Å². The zero-order chi connectivity index (χ0) is 26.0. The van der Waals surface area contributed by atoms with Gasteiger partial charge in [0.05, 0.1) is 24.8 Å². The van der Waals surface area contributed by atoms with Crippen molar-refractivity contribution in [2.75, 3.05) is 20.3 Å². The lowest BCUT2D eigenvalue weighted by Crippen LogP contribution is -2.26. The van der Waals surface area contributed by atoms with Gasteiger partial charge in [-0.2, -0.15) is 0 Å². The summed E-state index contributed by atoms with van der Waals surface area (Å²) >= 11 is 0. The van der Waals surface area contributed by atoms with Crippen molar-refractivity contribution in [3.05, 3.63) is 102 Å². The minimum atomic E-state index is -0.0588. The van der Waals surface area contributed by atoms with Crippen molar-refractivity contribution in [3.8, 4) is 11.5 Å². The van der Waals surface area contributed by atoms with Crippen molar-refractivity contribution in [2.45, 2.75) is 39.2 Å². The summed E-state index contributed by atoms with van der Waals surface area (Å²) in [6.07, 6.45) is 5.18. The summed E-state index contributed by atoms with van der Waals surface area (Å²) in [4.78, 5) is 17.4. The molecule has 0 spiro atoms. The van der Waals surface area contributed by atoms with Crippen LogP contribution >= 0.6 is 0 Å². The number of hydrogen-bond donors (Lipinski definition) is 1. The van der Waals surface area contributed by atoms with Gasteiger partial charge in [-0.15, -0.1) is 6.58 Å². The van der Waals surface area contributed by atoms with Crippen LogP contribution in [0.5, 0.6) is 11.5 Å². The van der Waals surface area contributed by atoms with Crippen molar-refractivity contribution in [3.63, 3.8) is 0 Å². The van der Waals surface area contributed by atoms with E-state index in [9.17, 15) is 4.79 Å². The van der Waals surface area contributed by atoms with E-state index in [1.165, 1.54) is 0 Å². The number of carbonyl (C=O) groups excluding carboxylic acids is 1. The van der Waals surface area contributed by atoms with Gasteiger partial charge in [0.1, 0.15) is 5.82 Å². The first kappa shape index (κ1) is 26.0. The van der Waals surface area contributed by atoms with E-state index in [0.29, 0.717) is 25.1 Å². The summed E-state index contributed by atoms with van der Waals surface area (Å²) in [6.45, 7) is 7.74. The standard InChI is InChI=1S/C31H35N3O3/c1-4-10-24-15-16-28(29(22-24)36-3)37-20-8-7-19-34-27-14-6-5-13-26(27)33-30(34)17-18-32-31(35)25-12-9-11-23(2)21-25/h4-6,9,11-16,21-22H,1,7-8,10,17-20H2,2-3H3,(H,32,35). The minimum absolute atomic E-state index is 0.0588. The molecule has 0 bridgehead atoms. The Hall–Kier alpha value is -4.06. The predicted molar refractivity (Wildman–Crippen MR) is 149 cm³/mol. The van der Waals surface area contributed by atoms with E-state index in [1.807, 2.05) is 73.7 Å². The third kappa shape index (κ3) is 6.79. The molecular formula is C31H35N3O3. The number of aromatic nitrogens is 2. The number of ether oxygens (including phenoxy) is 2. The molecule has 4 aromatic rings. The number of benzene rings is 3. The third-order valence-corrected chi connectivity index (χ3v) is 6.29. The highest BCUT2D eigenvalue weighted by atomic mass is 16.5. The second-order valence-electron chi connectivity index (χ2n) is 9.08. The minimum Gasteiger partial charge on any atom is -0.493 e. The van der Waals surface area contributed by atoms with Crippen molar-refractivity contribution < 1.29 is 14.3 Å². The van der Waals surface area contributed by atoms with Crippen LogP contribution in [0, 0.1) is 6.92 Å². The molecule has 0 saturated carbocycles. The second-order valence-corrected chi connectivity index (χ2v) is 9.08. The molecule has 0 aliphatic rings. The average molecular weight is 498 g/mol. The Morgan fingerprint density at radius 3 is 2.73 bits per heavy atom. The van der Waals surface area contributed by atoms with Crippen LogP contribution in [-0.4, -0.2) is 35.7 Å². The van der Waals surface area contributed by atoms with E-state index in [4.69, 9.17) is 14.5 Å². The lowest BCUT2D eigenvalue weighted by atomic mass is 10.1. The monoisotopic (exact) mass is 497 g/mol. The van der Waals surface area contributed by atoms with Crippen molar-refractivity contribution in [1.82, 2.24) is 14.9 Å². The van der Waals surface area contributed by atoms with Crippen molar-refractivity contribution in [1.29, 1.82) is 0 Å². The number of nitrogens with zero attached hydrogens (tertiary/aromatic N) is 2. The Bertz CT molecular complexity index is 1360. The normalized spacial score (nSPS) is 10.9. The summed E-state index contributed by atoms with van der Waals surface area (Å²) in [7, 11) is 1.66. The molecule has 0 atom stereocenters. The Morgan fingerprint density at radius 2 is 1.92 bits per heavy atom. The van der Waals surface area contributed by atoms with Crippen LogP contribution in [0.1, 0.15) is 40.2 Å². The van der Waals surface area contributed by atoms with Gasteiger partial charge in [0.2, 0.25) is 0 Å². The van der Waals surface area contributed by atoms with E-state index >= 15 is 0 Å². The van der Waals surface area contributed by atoms with E-state index in [1.54, 1.807) is 7.11 Å². The highest BCUT2D eigenvalue weighted by Gasteiger charge is 2.12. The fourth-order valence-electron chi connectivity index (χ4n) is 4.42. The molecule has 1 amide bonds. The fourth-order valence-corrected chi connectivity index (χ4v) is 4.42. The van der Waals surface area contributed by atoms with Gasteiger partial charge in [0.25, 0.3) is 5.91 Å². The van der Waals surface area contributed by atoms with Crippen LogP contribution in [-0.2, 0) is 19.4 Å². The molecule has 6 heteroatoms. The third-order valence-electron chi connectivity index (χ3n) is 6.29. The Kier molecular flexibility index (Phi) is 8.98. The molecule has 0 aliphatic carbocycles. The van der Waals surface area contributed by atoms with Gasteiger partial charge < -0.3 is 19.4 Å². The van der Waals surface area contributed by atoms with Crippen LogP contribution in [0.15, 0.2) is 79.4 Å². The first-order valence-corrected chi connectivity index (χ1v) is 12.8. The van der Waals surface area contributed by atoms with E-state index in [-0.39, 0.29) is 5.91 Å².